The van der Waals surface area contributed by atoms with Crippen LogP contribution in [-0.4, -0.2) is 52.4 Å². The largest absolute Gasteiger partial charge is 0.457 e. The average Bonchev–Trinajstić information content (AvgIpc) is 3.20. The van der Waals surface area contributed by atoms with Crippen molar-refractivity contribution in [2.45, 2.75) is 43.5 Å². The molecule has 3 aromatic rings. The molecule has 9 nitrogen and oxygen atoms in total. The second kappa shape index (κ2) is 12.2. The van der Waals surface area contributed by atoms with Gasteiger partial charge in [-0.2, -0.15) is 4.31 Å². The van der Waals surface area contributed by atoms with E-state index in [9.17, 15) is 21.6 Å². The Bertz CT molecular complexity index is 1470. The zero-order valence-corrected chi connectivity index (χ0v) is 23.6. The van der Waals surface area contributed by atoms with Gasteiger partial charge in [0.2, 0.25) is 26.0 Å². The fourth-order valence-electron chi connectivity index (χ4n) is 4.48. The van der Waals surface area contributed by atoms with Gasteiger partial charge < -0.3 is 10.1 Å². The molecule has 11 heteroatoms. The molecule has 0 radical (unpaired) electrons. The quantitative estimate of drug-likeness (QED) is 0.393. The van der Waals surface area contributed by atoms with Gasteiger partial charge in [0.05, 0.1) is 16.8 Å². The molecular weight excluding hydrogens is 538 g/mol. The Morgan fingerprint density at radius 1 is 0.821 bits per heavy atom. The van der Waals surface area contributed by atoms with Crippen LogP contribution in [0.15, 0.2) is 83.8 Å². The molecule has 39 heavy (non-hydrogen) atoms. The van der Waals surface area contributed by atoms with Gasteiger partial charge in [0.15, 0.2) is 0 Å². The Morgan fingerprint density at radius 3 is 1.95 bits per heavy atom. The number of carbonyl (C=O) groups excluding carboxylic acids is 1. The lowest BCUT2D eigenvalue weighted by molar-refractivity contribution is -0.116. The monoisotopic (exact) mass is 571 g/mol. The highest BCUT2D eigenvalue weighted by Crippen LogP contribution is 2.28. The molecule has 0 unspecified atom stereocenters. The number of para-hydroxylation sites is 1. The third-order valence-corrected chi connectivity index (χ3v) is 9.64. The fourth-order valence-corrected chi connectivity index (χ4v) is 7.17. The molecule has 1 fully saturated rings. The van der Waals surface area contributed by atoms with Gasteiger partial charge in [-0.15, -0.1) is 0 Å². The lowest BCUT2D eigenvalue weighted by Gasteiger charge is -2.28. The van der Waals surface area contributed by atoms with Crippen molar-refractivity contribution in [2.75, 3.05) is 29.0 Å². The van der Waals surface area contributed by atoms with Gasteiger partial charge in [0.1, 0.15) is 17.5 Å². The van der Waals surface area contributed by atoms with Crippen LogP contribution >= 0.6 is 0 Å². The topological polar surface area (TPSA) is 113 Å². The van der Waals surface area contributed by atoms with Crippen LogP contribution in [0.25, 0.3) is 0 Å². The highest BCUT2D eigenvalue weighted by Gasteiger charge is 2.30. The molecule has 1 saturated heterocycles. The number of benzene rings is 3. The Hall–Kier alpha value is -3.41. The number of sulfonamides is 2. The molecule has 208 valence electrons. The summed E-state index contributed by atoms with van der Waals surface area (Å²) in [5, 5.41) is 2.70. The van der Waals surface area contributed by atoms with E-state index in [1.54, 1.807) is 36.4 Å². The van der Waals surface area contributed by atoms with E-state index in [2.05, 4.69) is 5.32 Å². The van der Waals surface area contributed by atoms with Crippen molar-refractivity contribution in [3.63, 3.8) is 0 Å². The van der Waals surface area contributed by atoms with Gasteiger partial charge in [-0.3, -0.25) is 9.10 Å². The average molecular weight is 572 g/mol. The molecule has 1 atom stereocenters. The maximum Gasteiger partial charge on any atom is 0.247 e. The highest BCUT2D eigenvalue weighted by molar-refractivity contribution is 7.92. The number of hydrogen-bond donors (Lipinski definition) is 1. The second-order valence-corrected chi connectivity index (χ2v) is 13.3. The summed E-state index contributed by atoms with van der Waals surface area (Å²) in [4.78, 5) is 13.2. The summed E-state index contributed by atoms with van der Waals surface area (Å²) in [6.07, 6.45) is 4.75. The van der Waals surface area contributed by atoms with Crippen LogP contribution in [0.4, 0.5) is 11.4 Å². The summed E-state index contributed by atoms with van der Waals surface area (Å²) in [7, 11) is -7.44. The summed E-state index contributed by atoms with van der Waals surface area (Å²) >= 11 is 0. The molecule has 1 aliphatic rings. The molecule has 0 spiro atoms. The van der Waals surface area contributed by atoms with Crippen molar-refractivity contribution < 1.29 is 26.4 Å². The first-order valence-corrected chi connectivity index (χ1v) is 16.1. The van der Waals surface area contributed by atoms with E-state index >= 15 is 0 Å². The molecule has 1 heterocycles. The minimum absolute atomic E-state index is 0.158. The number of carbonyl (C=O) groups is 1. The SMILES string of the molecule is C[C@H](C(=O)Nc1ccc(S(=O)(=O)N2CCCCCC2)cc1)N(c1ccc(Oc2ccccc2)cc1)S(C)(=O)=O. The summed E-state index contributed by atoms with van der Waals surface area (Å²) in [6, 6.07) is 20.4. The Morgan fingerprint density at radius 2 is 1.38 bits per heavy atom. The van der Waals surface area contributed by atoms with Crippen LogP contribution in [-0.2, 0) is 24.8 Å². The van der Waals surface area contributed by atoms with E-state index in [0.717, 1.165) is 36.2 Å². The van der Waals surface area contributed by atoms with E-state index < -0.39 is 32.0 Å². The molecule has 1 aliphatic heterocycles. The van der Waals surface area contributed by atoms with Crippen molar-refractivity contribution in [1.29, 1.82) is 0 Å². The normalized spacial score (nSPS) is 15.6. The number of anilines is 2. The molecular formula is C28H33N3O6S2. The zero-order valence-electron chi connectivity index (χ0n) is 22.0. The molecule has 0 saturated carbocycles. The summed E-state index contributed by atoms with van der Waals surface area (Å²) in [5.41, 5.74) is 0.668. The first kappa shape index (κ1) is 28.6. The van der Waals surface area contributed by atoms with Crippen LogP contribution in [0.5, 0.6) is 11.5 Å². The Kier molecular flexibility index (Phi) is 8.94. The number of ether oxygens (including phenoxy) is 1. The third-order valence-electron chi connectivity index (χ3n) is 6.48. The molecule has 0 aromatic heterocycles. The maximum absolute atomic E-state index is 13.1. The van der Waals surface area contributed by atoms with E-state index in [-0.39, 0.29) is 4.90 Å². The van der Waals surface area contributed by atoms with Crippen LogP contribution in [0.3, 0.4) is 0 Å². The van der Waals surface area contributed by atoms with Crippen LogP contribution in [0, 0.1) is 0 Å². The van der Waals surface area contributed by atoms with Gasteiger partial charge in [0, 0.05) is 18.8 Å². The zero-order chi connectivity index (χ0) is 28.0. The summed E-state index contributed by atoms with van der Waals surface area (Å²) in [5.74, 6) is 0.599. The van der Waals surface area contributed by atoms with Crippen LogP contribution < -0.4 is 14.4 Å². The predicted molar refractivity (Wildman–Crippen MR) is 152 cm³/mol. The van der Waals surface area contributed by atoms with E-state index in [4.69, 9.17) is 4.74 Å². The van der Waals surface area contributed by atoms with Crippen LogP contribution in [0.1, 0.15) is 32.6 Å². The number of nitrogens with one attached hydrogen (secondary N) is 1. The van der Waals surface area contributed by atoms with Crippen molar-refractivity contribution in [1.82, 2.24) is 4.31 Å². The van der Waals surface area contributed by atoms with Gasteiger partial charge in [0.25, 0.3) is 0 Å². The van der Waals surface area contributed by atoms with Gasteiger partial charge in [-0.05, 0) is 80.4 Å². The predicted octanol–water partition coefficient (Wildman–Crippen LogP) is 4.84. The molecule has 0 aliphatic carbocycles. The van der Waals surface area contributed by atoms with Crippen LogP contribution in [0.2, 0.25) is 0 Å². The van der Waals surface area contributed by atoms with Crippen molar-refractivity contribution in [3.8, 4) is 11.5 Å². The lowest BCUT2D eigenvalue weighted by Crippen LogP contribution is -2.45. The van der Waals surface area contributed by atoms with Gasteiger partial charge in [-0.25, -0.2) is 16.8 Å². The highest BCUT2D eigenvalue weighted by atomic mass is 32.2. The standard InChI is InChI=1S/C28H33N3O6S2/c1-22(31(38(2,33)34)24-14-16-26(17-15-24)37-25-10-6-5-7-11-25)28(32)29-23-12-18-27(19-13-23)39(35,36)30-20-8-3-4-9-21-30/h5-7,10-19,22H,3-4,8-9,20-21H2,1-2H3,(H,29,32)/t22-/m1/s1. The molecule has 1 amide bonds. The van der Waals surface area contributed by atoms with Crippen molar-refractivity contribution >= 4 is 37.3 Å². The van der Waals surface area contributed by atoms with E-state index in [1.807, 2.05) is 18.2 Å². The van der Waals surface area contributed by atoms with E-state index in [0.29, 0.717) is 36.0 Å². The lowest BCUT2D eigenvalue weighted by atomic mass is 10.2. The number of hydrogen-bond acceptors (Lipinski definition) is 6. The Balaban J connectivity index is 1.46. The summed E-state index contributed by atoms with van der Waals surface area (Å²) in [6.45, 7) is 2.49. The van der Waals surface area contributed by atoms with Gasteiger partial charge >= 0.3 is 0 Å². The third kappa shape index (κ3) is 7.17. The molecule has 3 aromatic carbocycles. The minimum atomic E-state index is -3.82. The minimum Gasteiger partial charge on any atom is -0.457 e. The smallest absolute Gasteiger partial charge is 0.247 e. The number of amides is 1. The first-order valence-electron chi connectivity index (χ1n) is 12.8. The first-order chi connectivity index (χ1) is 18.6. The van der Waals surface area contributed by atoms with Gasteiger partial charge in [-0.1, -0.05) is 31.0 Å². The Labute approximate surface area is 230 Å². The number of nitrogens with zero attached hydrogens (tertiary/aromatic N) is 2. The summed E-state index contributed by atoms with van der Waals surface area (Å²) < 4.78 is 59.7. The van der Waals surface area contributed by atoms with Crippen molar-refractivity contribution in [3.05, 3.63) is 78.9 Å². The maximum atomic E-state index is 13.1. The van der Waals surface area contributed by atoms with Crippen molar-refractivity contribution in [2.24, 2.45) is 0 Å². The molecule has 1 N–H and O–H groups in total. The fraction of sp³-hybridized carbons (Fsp3) is 0.321. The molecule has 0 bridgehead atoms. The van der Waals surface area contributed by atoms with E-state index in [1.165, 1.54) is 35.5 Å². The second-order valence-electron chi connectivity index (χ2n) is 9.48. The molecule has 4 rings (SSSR count). The number of rotatable bonds is 9.